The van der Waals surface area contributed by atoms with Crippen molar-refractivity contribution in [3.05, 3.63) is 83.3 Å². The van der Waals surface area contributed by atoms with E-state index >= 15 is 0 Å². The van der Waals surface area contributed by atoms with E-state index in [4.69, 9.17) is 4.99 Å². The zero-order valence-electron chi connectivity index (χ0n) is 15.5. The Hall–Kier alpha value is -3.41. The third kappa shape index (κ3) is 2.00. The van der Waals surface area contributed by atoms with Gasteiger partial charge in [-0.25, -0.2) is 9.98 Å². The van der Waals surface area contributed by atoms with Crippen molar-refractivity contribution in [2.24, 2.45) is 4.99 Å². The summed E-state index contributed by atoms with van der Waals surface area (Å²) in [5, 5.41) is 0. The monoisotopic (exact) mass is 369 g/mol. The lowest BCUT2D eigenvalue weighted by molar-refractivity contribution is 0.0855. The van der Waals surface area contributed by atoms with Crippen molar-refractivity contribution >= 4 is 17.7 Å². The Morgan fingerprint density at radius 2 is 1.86 bits per heavy atom. The summed E-state index contributed by atoms with van der Waals surface area (Å²) in [6.07, 6.45) is 2.70. The molecule has 138 valence electrons. The van der Waals surface area contributed by atoms with Crippen LogP contribution in [-0.2, 0) is 13.0 Å². The molecule has 0 radical (unpaired) electrons. The van der Waals surface area contributed by atoms with Gasteiger partial charge in [0, 0.05) is 13.6 Å². The molecule has 1 aromatic heterocycles. The smallest absolute Gasteiger partial charge is 0.280 e. The van der Waals surface area contributed by atoms with E-state index in [1.807, 2.05) is 29.8 Å². The Bertz CT molecular complexity index is 1130. The lowest BCUT2D eigenvalue weighted by Crippen LogP contribution is -2.52. The molecule has 0 saturated carbocycles. The van der Waals surface area contributed by atoms with Crippen LogP contribution in [0.15, 0.2) is 65.9 Å². The second-order valence-electron chi connectivity index (χ2n) is 7.61. The maximum Gasteiger partial charge on any atom is 0.280 e. The summed E-state index contributed by atoms with van der Waals surface area (Å²) < 4.78 is 1.95. The summed E-state index contributed by atoms with van der Waals surface area (Å²) >= 11 is 0. The van der Waals surface area contributed by atoms with Crippen LogP contribution in [0.4, 0.5) is 5.82 Å². The molecule has 2 aliphatic heterocycles. The van der Waals surface area contributed by atoms with Crippen molar-refractivity contribution in [2.75, 3.05) is 11.9 Å². The molecule has 0 saturated heterocycles. The van der Waals surface area contributed by atoms with E-state index in [1.165, 1.54) is 11.1 Å². The largest absolute Gasteiger partial charge is 0.320 e. The van der Waals surface area contributed by atoms with Gasteiger partial charge >= 0.3 is 0 Å². The number of hydrogen-bond acceptors (Lipinski definition) is 4. The van der Waals surface area contributed by atoms with Crippen molar-refractivity contribution in [2.45, 2.75) is 25.0 Å². The number of anilines is 1. The number of carbonyl (C=O) groups excluding carboxylic acids is 1. The maximum atomic E-state index is 13.2. The van der Waals surface area contributed by atoms with Gasteiger partial charge in [0.05, 0.1) is 12.4 Å². The van der Waals surface area contributed by atoms with E-state index < -0.39 is 0 Å². The first kappa shape index (κ1) is 15.6. The number of guanidine groups is 1. The van der Waals surface area contributed by atoms with Crippen molar-refractivity contribution < 1.29 is 4.79 Å². The Morgan fingerprint density at radius 1 is 1.07 bits per heavy atom. The molecule has 0 bridgehead atoms. The molecule has 6 rings (SSSR count). The predicted octanol–water partition coefficient (Wildman–Crippen LogP) is 2.86. The minimum atomic E-state index is -0.0494. The molecule has 28 heavy (non-hydrogen) atoms. The van der Waals surface area contributed by atoms with E-state index in [0.29, 0.717) is 18.2 Å². The molecule has 0 spiro atoms. The van der Waals surface area contributed by atoms with Crippen molar-refractivity contribution in [1.29, 1.82) is 0 Å². The Morgan fingerprint density at radius 3 is 2.71 bits per heavy atom. The van der Waals surface area contributed by atoms with Gasteiger partial charge < -0.3 is 4.57 Å². The molecule has 2 atom stereocenters. The Balaban J connectivity index is 1.45. The molecule has 3 aliphatic rings. The number of aliphatic imine (C=N–C) groups is 1. The summed E-state index contributed by atoms with van der Waals surface area (Å²) in [5.74, 6) is 1.40. The third-order valence-electron chi connectivity index (χ3n) is 6.02. The zero-order chi connectivity index (χ0) is 18.8. The van der Waals surface area contributed by atoms with Gasteiger partial charge in [0.1, 0.15) is 6.04 Å². The number of benzene rings is 2. The highest BCUT2D eigenvalue weighted by Crippen LogP contribution is 2.45. The van der Waals surface area contributed by atoms with Crippen LogP contribution in [0.1, 0.15) is 33.2 Å². The average Bonchev–Trinajstić information content (AvgIpc) is 3.39. The van der Waals surface area contributed by atoms with Crippen molar-refractivity contribution in [3.63, 3.8) is 0 Å². The molecule has 2 unspecified atom stereocenters. The second kappa shape index (κ2) is 5.55. The van der Waals surface area contributed by atoms with Crippen molar-refractivity contribution in [3.8, 4) is 0 Å². The van der Waals surface area contributed by atoms with Gasteiger partial charge in [0.25, 0.3) is 5.91 Å². The first-order chi connectivity index (χ1) is 13.7. The molecule has 3 heterocycles. The quantitative estimate of drug-likeness (QED) is 0.698. The fourth-order valence-electron chi connectivity index (χ4n) is 4.69. The van der Waals surface area contributed by atoms with Crippen LogP contribution in [0.25, 0.3) is 0 Å². The fourth-order valence-corrected chi connectivity index (χ4v) is 4.69. The van der Waals surface area contributed by atoms with Gasteiger partial charge in [0.2, 0.25) is 5.96 Å². The summed E-state index contributed by atoms with van der Waals surface area (Å²) in [6.45, 7) is 0.622. The number of fused-ring (bicyclic) bond motifs is 7. The minimum absolute atomic E-state index is 0.0494. The molecule has 6 nitrogen and oxygen atoms in total. The van der Waals surface area contributed by atoms with Gasteiger partial charge in [-0.15, -0.1) is 0 Å². The standard InChI is InChI=1S/C22H19N5O/c1-25-21(28)19-20(23-13-26(19)12-14-7-3-2-4-8-14)27-17-11-15-9-5-6-10-16(15)18(17)24-22(25)27/h2-10,13,17-18H,11-12H2,1H3. The first-order valence-electron chi connectivity index (χ1n) is 9.54. The zero-order valence-corrected chi connectivity index (χ0v) is 15.5. The molecular weight excluding hydrogens is 350 g/mol. The number of carbonyl (C=O) groups is 1. The van der Waals surface area contributed by atoms with Gasteiger partial charge in [-0.2, -0.15) is 0 Å². The molecule has 6 heteroatoms. The maximum absolute atomic E-state index is 13.2. The summed E-state index contributed by atoms with van der Waals surface area (Å²) in [6, 6.07) is 18.9. The minimum Gasteiger partial charge on any atom is -0.320 e. The van der Waals surface area contributed by atoms with Crippen LogP contribution in [0.2, 0.25) is 0 Å². The van der Waals surface area contributed by atoms with E-state index in [1.54, 1.807) is 11.2 Å². The number of aromatic nitrogens is 2. The number of imidazole rings is 1. The van der Waals surface area contributed by atoms with E-state index in [9.17, 15) is 4.79 Å². The molecule has 0 fully saturated rings. The van der Waals surface area contributed by atoms with Crippen LogP contribution in [0, 0.1) is 0 Å². The first-order valence-corrected chi connectivity index (χ1v) is 9.54. The summed E-state index contributed by atoms with van der Waals surface area (Å²) in [4.78, 5) is 26.6. The molecule has 1 aliphatic carbocycles. The lowest BCUT2D eigenvalue weighted by Gasteiger charge is -2.34. The van der Waals surface area contributed by atoms with Crippen LogP contribution >= 0.6 is 0 Å². The second-order valence-corrected chi connectivity index (χ2v) is 7.61. The normalized spacial score (nSPS) is 21.9. The molecule has 1 amide bonds. The lowest BCUT2D eigenvalue weighted by atomic mass is 10.1. The summed E-state index contributed by atoms with van der Waals surface area (Å²) in [7, 11) is 1.81. The van der Waals surface area contributed by atoms with Gasteiger partial charge in [-0.05, 0) is 23.1 Å². The molecule has 3 aromatic rings. The number of amides is 1. The summed E-state index contributed by atoms with van der Waals surface area (Å²) in [5.41, 5.74) is 4.39. The molecule has 2 aromatic carbocycles. The Kier molecular flexibility index (Phi) is 3.10. The predicted molar refractivity (Wildman–Crippen MR) is 106 cm³/mol. The van der Waals surface area contributed by atoms with Crippen LogP contribution in [0.3, 0.4) is 0 Å². The highest BCUT2D eigenvalue weighted by molar-refractivity contribution is 6.18. The third-order valence-corrected chi connectivity index (χ3v) is 6.02. The number of hydrogen-bond donors (Lipinski definition) is 0. The van der Waals surface area contributed by atoms with Crippen LogP contribution in [0.5, 0.6) is 0 Å². The van der Waals surface area contributed by atoms with E-state index in [0.717, 1.165) is 17.8 Å². The SMILES string of the molecule is CN1C(=O)c2c(ncn2Cc2ccccc2)N2C1=NC1c3ccccc3CC12. The van der Waals surface area contributed by atoms with E-state index in [2.05, 4.69) is 46.3 Å². The van der Waals surface area contributed by atoms with Crippen LogP contribution in [-0.4, -0.2) is 39.4 Å². The number of rotatable bonds is 2. The highest BCUT2D eigenvalue weighted by atomic mass is 16.2. The average molecular weight is 369 g/mol. The van der Waals surface area contributed by atoms with Gasteiger partial charge in [-0.1, -0.05) is 54.6 Å². The van der Waals surface area contributed by atoms with Gasteiger partial charge in [0.15, 0.2) is 11.5 Å². The topological polar surface area (TPSA) is 53.7 Å². The van der Waals surface area contributed by atoms with E-state index in [-0.39, 0.29) is 18.0 Å². The molecular formula is C22H19N5O. The number of nitrogens with zero attached hydrogens (tertiary/aromatic N) is 5. The van der Waals surface area contributed by atoms with Crippen LogP contribution < -0.4 is 4.90 Å². The Labute approximate surface area is 162 Å². The fraction of sp³-hybridized carbons (Fsp3) is 0.227. The van der Waals surface area contributed by atoms with Gasteiger partial charge in [-0.3, -0.25) is 14.6 Å². The highest BCUT2D eigenvalue weighted by Gasteiger charge is 2.50. The van der Waals surface area contributed by atoms with Crippen molar-refractivity contribution in [1.82, 2.24) is 14.5 Å². The molecule has 0 N–H and O–H groups in total.